The highest BCUT2D eigenvalue weighted by molar-refractivity contribution is 6.16. The highest BCUT2D eigenvalue weighted by Gasteiger charge is 2.23. The number of amides is 1. The number of carboxylic acids is 1. The second-order valence-corrected chi connectivity index (χ2v) is 6.29. The number of carbonyl (C=O) groups is 2. The highest BCUT2D eigenvalue weighted by Crippen LogP contribution is 2.26. The van der Waals surface area contributed by atoms with Gasteiger partial charge in [-0.15, -0.1) is 0 Å². The number of pyridine rings is 1. The van der Waals surface area contributed by atoms with Gasteiger partial charge in [0.25, 0.3) is 5.91 Å². The summed E-state index contributed by atoms with van der Waals surface area (Å²) in [4.78, 5) is 29.2. The number of carboxylic acid groups (broad SMARTS) is 1. The van der Waals surface area contributed by atoms with Crippen LogP contribution in [-0.2, 0) is 4.79 Å². The van der Waals surface area contributed by atoms with Crippen molar-refractivity contribution in [2.75, 3.05) is 0 Å². The van der Waals surface area contributed by atoms with Gasteiger partial charge in [-0.25, -0.2) is 9.78 Å². The maximum atomic E-state index is 13.0. The van der Waals surface area contributed by atoms with Crippen LogP contribution in [0.25, 0.3) is 21.8 Å². The van der Waals surface area contributed by atoms with Gasteiger partial charge in [0.2, 0.25) is 0 Å². The zero-order valence-corrected chi connectivity index (χ0v) is 14.7. The van der Waals surface area contributed by atoms with Gasteiger partial charge in [0.05, 0.1) is 22.7 Å². The number of aromatic nitrogens is 1. The molecule has 3 rings (SSSR count). The number of unbranched alkanes of at least 4 members (excludes halogenated alkanes) is 2. The Hall–Kier alpha value is -3.46. The first-order valence-corrected chi connectivity index (χ1v) is 8.80. The molecule has 0 spiro atoms. The Balaban J connectivity index is 1.96. The van der Waals surface area contributed by atoms with Crippen molar-refractivity contribution < 1.29 is 14.7 Å². The number of nitrogens with zero attached hydrogens (tertiary/aromatic N) is 2. The van der Waals surface area contributed by atoms with Crippen molar-refractivity contribution >= 4 is 33.7 Å². The van der Waals surface area contributed by atoms with Crippen molar-refractivity contribution in [2.45, 2.75) is 31.7 Å². The summed E-state index contributed by atoms with van der Waals surface area (Å²) in [6.45, 7) is 0. The Morgan fingerprint density at radius 3 is 2.19 bits per heavy atom. The van der Waals surface area contributed by atoms with E-state index >= 15 is 0 Å². The number of hydrogen-bond acceptors (Lipinski definition) is 4. The molecule has 0 radical (unpaired) electrons. The van der Waals surface area contributed by atoms with Crippen LogP contribution in [0.15, 0.2) is 48.5 Å². The van der Waals surface area contributed by atoms with Crippen LogP contribution < -0.4 is 5.32 Å². The largest absolute Gasteiger partial charge is 0.480 e. The van der Waals surface area contributed by atoms with Crippen LogP contribution in [0.5, 0.6) is 0 Å². The third kappa shape index (κ3) is 4.04. The molecule has 0 aliphatic rings. The minimum absolute atomic E-state index is 0.281. The summed E-state index contributed by atoms with van der Waals surface area (Å²) in [6.07, 6.45) is 1.82. The SMILES string of the molecule is N#CCCCC[C@@H](NC(=O)c1c2ccccc2nc2ccccc12)C(=O)O. The molecule has 0 unspecified atom stereocenters. The lowest BCUT2D eigenvalue weighted by Gasteiger charge is -2.16. The summed E-state index contributed by atoms with van der Waals surface area (Å²) < 4.78 is 0. The first kappa shape index (κ1) is 18.3. The molecule has 1 atom stereocenters. The zero-order chi connectivity index (χ0) is 19.2. The number of carbonyl (C=O) groups excluding carboxylic acids is 1. The topological polar surface area (TPSA) is 103 Å². The molecular weight excluding hydrogens is 342 g/mol. The average molecular weight is 361 g/mol. The molecule has 0 saturated carbocycles. The van der Waals surface area contributed by atoms with Gasteiger partial charge < -0.3 is 10.4 Å². The number of nitrogens with one attached hydrogen (secondary N) is 1. The van der Waals surface area contributed by atoms with Crippen LogP contribution in [0.1, 0.15) is 36.0 Å². The maximum absolute atomic E-state index is 13.0. The van der Waals surface area contributed by atoms with E-state index in [2.05, 4.69) is 10.3 Å². The van der Waals surface area contributed by atoms with Crippen LogP contribution in [0.2, 0.25) is 0 Å². The molecule has 136 valence electrons. The van der Waals surface area contributed by atoms with Gasteiger partial charge in [-0.05, 0) is 31.4 Å². The first-order valence-electron chi connectivity index (χ1n) is 8.80. The second-order valence-electron chi connectivity index (χ2n) is 6.29. The summed E-state index contributed by atoms with van der Waals surface area (Å²) >= 11 is 0. The standard InChI is InChI=1S/C21H19N3O3/c22-13-7-1-2-12-18(21(26)27)24-20(25)19-14-8-3-5-10-16(14)23-17-11-6-4-9-15(17)19/h3-6,8-11,18H,1-2,7,12H2,(H,24,25)(H,26,27)/t18-/m1/s1. The van der Waals surface area contributed by atoms with Crippen LogP contribution >= 0.6 is 0 Å². The lowest BCUT2D eigenvalue weighted by molar-refractivity contribution is -0.139. The first-order chi connectivity index (χ1) is 13.1. The number of aliphatic carboxylic acids is 1. The summed E-state index contributed by atoms with van der Waals surface area (Å²) in [6, 6.07) is 15.7. The maximum Gasteiger partial charge on any atom is 0.326 e. The van der Waals surface area contributed by atoms with E-state index < -0.39 is 17.9 Å². The van der Waals surface area contributed by atoms with Gasteiger partial charge in [0.1, 0.15) is 6.04 Å². The van der Waals surface area contributed by atoms with Gasteiger partial charge in [-0.1, -0.05) is 36.4 Å². The summed E-state index contributed by atoms with van der Waals surface area (Å²) in [5.74, 6) is -1.51. The molecule has 1 aromatic heterocycles. The molecular formula is C21H19N3O3. The van der Waals surface area contributed by atoms with Crippen molar-refractivity contribution in [3.05, 3.63) is 54.1 Å². The highest BCUT2D eigenvalue weighted by atomic mass is 16.4. The Bertz CT molecular complexity index is 986. The molecule has 0 aliphatic carbocycles. The van der Waals surface area contributed by atoms with Crippen molar-refractivity contribution in [1.82, 2.24) is 10.3 Å². The fourth-order valence-corrected chi connectivity index (χ4v) is 3.12. The van der Waals surface area contributed by atoms with E-state index in [1.54, 1.807) is 0 Å². The molecule has 2 N–H and O–H groups in total. The summed E-state index contributed by atoms with van der Waals surface area (Å²) in [7, 11) is 0. The van der Waals surface area contributed by atoms with Gasteiger partial charge in [0.15, 0.2) is 0 Å². The number of fused-ring (bicyclic) bond motifs is 2. The minimum Gasteiger partial charge on any atom is -0.480 e. The Morgan fingerprint density at radius 1 is 1.04 bits per heavy atom. The predicted molar refractivity (Wildman–Crippen MR) is 102 cm³/mol. The van der Waals surface area contributed by atoms with Crippen LogP contribution in [-0.4, -0.2) is 28.0 Å². The number of hydrogen-bond donors (Lipinski definition) is 2. The van der Waals surface area contributed by atoms with Gasteiger partial charge in [-0.2, -0.15) is 5.26 Å². The third-order valence-corrected chi connectivity index (χ3v) is 4.45. The van der Waals surface area contributed by atoms with E-state index in [1.165, 1.54) is 0 Å². The monoisotopic (exact) mass is 361 g/mol. The van der Waals surface area contributed by atoms with E-state index in [0.29, 0.717) is 46.6 Å². The molecule has 6 nitrogen and oxygen atoms in total. The fourth-order valence-electron chi connectivity index (χ4n) is 3.12. The van der Waals surface area contributed by atoms with Crippen molar-refractivity contribution in [3.63, 3.8) is 0 Å². The molecule has 1 heterocycles. The van der Waals surface area contributed by atoms with Crippen LogP contribution in [0.4, 0.5) is 0 Å². The van der Waals surface area contributed by atoms with E-state index in [-0.39, 0.29) is 6.42 Å². The minimum atomic E-state index is -1.08. The van der Waals surface area contributed by atoms with E-state index in [0.717, 1.165) is 0 Å². The molecule has 27 heavy (non-hydrogen) atoms. The fraction of sp³-hybridized carbons (Fsp3) is 0.238. The molecule has 3 aromatic rings. The Morgan fingerprint density at radius 2 is 1.63 bits per heavy atom. The van der Waals surface area contributed by atoms with E-state index in [9.17, 15) is 14.7 Å². The Kier molecular flexibility index (Phi) is 5.62. The molecule has 0 fully saturated rings. The molecule has 0 aliphatic heterocycles. The van der Waals surface area contributed by atoms with Gasteiger partial charge in [0, 0.05) is 17.2 Å². The molecule has 2 aromatic carbocycles. The van der Waals surface area contributed by atoms with Gasteiger partial charge >= 0.3 is 5.97 Å². The van der Waals surface area contributed by atoms with E-state index in [4.69, 9.17) is 5.26 Å². The molecule has 6 heteroatoms. The van der Waals surface area contributed by atoms with Crippen LogP contribution in [0, 0.1) is 11.3 Å². The summed E-state index contributed by atoms with van der Waals surface area (Å²) in [5.41, 5.74) is 1.80. The van der Waals surface area contributed by atoms with Crippen LogP contribution in [0.3, 0.4) is 0 Å². The van der Waals surface area contributed by atoms with Crippen molar-refractivity contribution in [1.29, 1.82) is 5.26 Å². The number of rotatable bonds is 7. The molecule has 1 amide bonds. The average Bonchev–Trinajstić information content (AvgIpc) is 2.68. The molecule has 0 bridgehead atoms. The smallest absolute Gasteiger partial charge is 0.326 e. The van der Waals surface area contributed by atoms with Gasteiger partial charge in [-0.3, -0.25) is 4.79 Å². The number of benzene rings is 2. The Labute approximate surface area is 156 Å². The lowest BCUT2D eigenvalue weighted by atomic mass is 10.0. The summed E-state index contributed by atoms with van der Waals surface area (Å²) in [5, 5.41) is 22.1. The number of nitriles is 1. The van der Waals surface area contributed by atoms with E-state index in [1.807, 2.05) is 54.6 Å². The normalized spacial score (nSPS) is 11.8. The second kappa shape index (κ2) is 8.28. The predicted octanol–water partition coefficient (Wildman–Crippen LogP) is 3.65. The quantitative estimate of drug-likeness (QED) is 0.494. The lowest BCUT2D eigenvalue weighted by Crippen LogP contribution is -2.40. The van der Waals surface area contributed by atoms with Crippen molar-refractivity contribution in [3.8, 4) is 6.07 Å². The molecule has 0 saturated heterocycles. The van der Waals surface area contributed by atoms with Crippen molar-refractivity contribution in [2.24, 2.45) is 0 Å². The number of para-hydroxylation sites is 2. The zero-order valence-electron chi connectivity index (χ0n) is 14.7. The third-order valence-electron chi connectivity index (χ3n) is 4.45.